The molecule has 2 rings (SSSR count). The number of benzene rings is 1. The quantitative estimate of drug-likeness (QED) is 0.854. The third-order valence-corrected chi connectivity index (χ3v) is 5.34. The Balaban J connectivity index is 2.18. The Bertz CT molecular complexity index is 700. The molecule has 1 aromatic carbocycles. The number of nitrogens with one attached hydrogen (secondary N) is 1. The SMILES string of the molecule is CC(Cc1ccsc1)NS(=O)(=O)c1cc(CN)ccc1F. The van der Waals surface area contributed by atoms with Crippen molar-refractivity contribution in [2.24, 2.45) is 5.73 Å². The molecule has 2 aromatic rings. The molecule has 0 aliphatic heterocycles. The molecule has 4 nitrogen and oxygen atoms in total. The van der Waals surface area contributed by atoms with E-state index in [-0.39, 0.29) is 17.5 Å². The number of rotatable bonds is 6. The van der Waals surface area contributed by atoms with Crippen LogP contribution in [-0.4, -0.2) is 14.5 Å². The van der Waals surface area contributed by atoms with Gasteiger partial charge in [0.25, 0.3) is 0 Å². The minimum atomic E-state index is -3.90. The topological polar surface area (TPSA) is 72.2 Å². The zero-order valence-electron chi connectivity index (χ0n) is 11.5. The van der Waals surface area contributed by atoms with E-state index >= 15 is 0 Å². The summed E-state index contributed by atoms with van der Waals surface area (Å²) in [7, 11) is -3.90. The van der Waals surface area contributed by atoms with Crippen LogP contribution in [0.5, 0.6) is 0 Å². The normalized spacial score (nSPS) is 13.3. The average Bonchev–Trinajstić information content (AvgIpc) is 2.91. The summed E-state index contributed by atoms with van der Waals surface area (Å²) in [6.45, 7) is 1.91. The number of sulfonamides is 1. The maximum atomic E-state index is 13.8. The second-order valence-corrected chi connectivity index (χ2v) is 7.29. The predicted molar refractivity (Wildman–Crippen MR) is 82.1 cm³/mol. The first-order chi connectivity index (χ1) is 9.92. The summed E-state index contributed by atoms with van der Waals surface area (Å²) in [6.07, 6.45) is 0.556. The molecule has 1 unspecified atom stereocenters. The molecule has 21 heavy (non-hydrogen) atoms. The van der Waals surface area contributed by atoms with Crippen molar-refractivity contribution in [3.05, 3.63) is 52.0 Å². The number of hydrogen-bond acceptors (Lipinski definition) is 4. The van der Waals surface area contributed by atoms with Gasteiger partial charge >= 0.3 is 0 Å². The molecule has 0 amide bonds. The van der Waals surface area contributed by atoms with Gasteiger partial charge in [0.1, 0.15) is 10.7 Å². The molecule has 0 aliphatic carbocycles. The number of thiophene rings is 1. The summed E-state index contributed by atoms with van der Waals surface area (Å²) in [6, 6.07) is 5.48. The second-order valence-electron chi connectivity index (χ2n) is 4.83. The zero-order chi connectivity index (χ0) is 15.5. The standard InChI is InChI=1S/C14H17FN2O2S2/c1-10(6-12-4-5-20-9-12)17-21(18,19)14-7-11(8-16)2-3-13(14)15/h2-5,7,9-10,17H,6,8,16H2,1H3. The highest BCUT2D eigenvalue weighted by Gasteiger charge is 2.22. The van der Waals surface area contributed by atoms with Crippen LogP contribution in [0.2, 0.25) is 0 Å². The van der Waals surface area contributed by atoms with Gasteiger partial charge in [-0.3, -0.25) is 0 Å². The van der Waals surface area contributed by atoms with Crippen LogP contribution in [0.4, 0.5) is 4.39 Å². The molecule has 1 heterocycles. The van der Waals surface area contributed by atoms with E-state index in [4.69, 9.17) is 5.73 Å². The molecular weight excluding hydrogens is 311 g/mol. The van der Waals surface area contributed by atoms with Gasteiger partial charge in [0, 0.05) is 12.6 Å². The van der Waals surface area contributed by atoms with Crippen LogP contribution in [0.15, 0.2) is 39.9 Å². The van der Waals surface area contributed by atoms with Crippen LogP contribution in [0, 0.1) is 5.82 Å². The maximum absolute atomic E-state index is 13.8. The lowest BCUT2D eigenvalue weighted by Crippen LogP contribution is -2.34. The van der Waals surface area contributed by atoms with Crippen molar-refractivity contribution in [2.45, 2.75) is 30.8 Å². The van der Waals surface area contributed by atoms with E-state index in [9.17, 15) is 12.8 Å². The Hall–Kier alpha value is -1.28. The largest absolute Gasteiger partial charge is 0.326 e. The highest BCUT2D eigenvalue weighted by Crippen LogP contribution is 2.17. The van der Waals surface area contributed by atoms with Crippen LogP contribution < -0.4 is 10.5 Å². The summed E-state index contributed by atoms with van der Waals surface area (Å²) in [5, 5.41) is 3.89. The van der Waals surface area contributed by atoms with Crippen molar-refractivity contribution >= 4 is 21.4 Å². The molecular formula is C14H17FN2O2S2. The van der Waals surface area contributed by atoms with E-state index < -0.39 is 15.8 Å². The number of halogens is 1. The Morgan fingerprint density at radius 1 is 1.33 bits per heavy atom. The van der Waals surface area contributed by atoms with Crippen LogP contribution in [-0.2, 0) is 23.0 Å². The summed E-state index contributed by atoms with van der Waals surface area (Å²) >= 11 is 1.55. The minimum absolute atomic E-state index is 0.160. The van der Waals surface area contributed by atoms with Gasteiger partial charge in [-0.2, -0.15) is 11.3 Å². The van der Waals surface area contributed by atoms with Gasteiger partial charge in [0.05, 0.1) is 0 Å². The van der Waals surface area contributed by atoms with Crippen LogP contribution in [0.25, 0.3) is 0 Å². The molecule has 0 aliphatic rings. The molecule has 3 N–H and O–H groups in total. The van der Waals surface area contributed by atoms with Gasteiger partial charge in [0.2, 0.25) is 10.0 Å². The van der Waals surface area contributed by atoms with Gasteiger partial charge in [0.15, 0.2) is 0 Å². The van der Waals surface area contributed by atoms with E-state index in [0.29, 0.717) is 12.0 Å². The summed E-state index contributed by atoms with van der Waals surface area (Å²) in [4.78, 5) is -0.359. The molecule has 0 radical (unpaired) electrons. The lowest BCUT2D eigenvalue weighted by molar-refractivity contribution is 0.542. The third-order valence-electron chi connectivity index (χ3n) is 3.00. The van der Waals surface area contributed by atoms with Crippen molar-refractivity contribution in [1.82, 2.24) is 4.72 Å². The fraction of sp³-hybridized carbons (Fsp3) is 0.286. The molecule has 0 spiro atoms. The van der Waals surface area contributed by atoms with Crippen molar-refractivity contribution in [1.29, 1.82) is 0 Å². The Morgan fingerprint density at radius 3 is 2.71 bits per heavy atom. The van der Waals surface area contributed by atoms with Gasteiger partial charge in [-0.15, -0.1) is 0 Å². The van der Waals surface area contributed by atoms with Gasteiger partial charge < -0.3 is 5.73 Å². The zero-order valence-corrected chi connectivity index (χ0v) is 13.2. The predicted octanol–water partition coefficient (Wildman–Crippen LogP) is 2.26. The summed E-state index contributed by atoms with van der Waals surface area (Å²) in [5.74, 6) is -0.776. The van der Waals surface area contributed by atoms with E-state index in [1.165, 1.54) is 12.1 Å². The highest BCUT2D eigenvalue weighted by molar-refractivity contribution is 7.89. The minimum Gasteiger partial charge on any atom is -0.326 e. The highest BCUT2D eigenvalue weighted by atomic mass is 32.2. The van der Waals surface area contributed by atoms with Crippen molar-refractivity contribution in [2.75, 3.05) is 0 Å². The van der Waals surface area contributed by atoms with Crippen molar-refractivity contribution in [3.8, 4) is 0 Å². The Labute approximate surface area is 127 Å². The Kier molecular flexibility index (Phi) is 5.10. The Morgan fingerprint density at radius 2 is 2.10 bits per heavy atom. The molecule has 1 aromatic heterocycles. The molecule has 114 valence electrons. The first-order valence-corrected chi connectivity index (χ1v) is 8.87. The second kappa shape index (κ2) is 6.65. The monoisotopic (exact) mass is 328 g/mol. The number of hydrogen-bond donors (Lipinski definition) is 2. The van der Waals surface area contributed by atoms with Crippen molar-refractivity contribution in [3.63, 3.8) is 0 Å². The molecule has 0 saturated heterocycles. The summed E-state index contributed by atoms with van der Waals surface area (Å²) < 4.78 is 40.8. The summed E-state index contributed by atoms with van der Waals surface area (Å²) in [5.41, 5.74) is 7.09. The van der Waals surface area contributed by atoms with E-state index in [1.54, 1.807) is 18.3 Å². The van der Waals surface area contributed by atoms with E-state index in [1.807, 2.05) is 16.8 Å². The lowest BCUT2D eigenvalue weighted by atomic mass is 10.1. The van der Waals surface area contributed by atoms with Crippen LogP contribution >= 0.6 is 11.3 Å². The van der Waals surface area contributed by atoms with Gasteiger partial charge in [-0.1, -0.05) is 6.07 Å². The van der Waals surface area contributed by atoms with Gasteiger partial charge in [-0.05, 0) is 53.4 Å². The lowest BCUT2D eigenvalue weighted by Gasteiger charge is -2.14. The molecule has 7 heteroatoms. The van der Waals surface area contributed by atoms with Gasteiger partial charge in [-0.25, -0.2) is 17.5 Å². The van der Waals surface area contributed by atoms with E-state index in [2.05, 4.69) is 4.72 Å². The first-order valence-electron chi connectivity index (χ1n) is 6.44. The smallest absolute Gasteiger partial charge is 0.243 e. The fourth-order valence-electron chi connectivity index (χ4n) is 2.01. The fourth-order valence-corrected chi connectivity index (χ4v) is 4.07. The van der Waals surface area contributed by atoms with E-state index in [0.717, 1.165) is 11.6 Å². The average molecular weight is 328 g/mol. The molecule has 0 fully saturated rings. The third kappa shape index (κ3) is 4.10. The molecule has 0 saturated carbocycles. The van der Waals surface area contributed by atoms with Crippen LogP contribution in [0.1, 0.15) is 18.1 Å². The molecule has 0 bridgehead atoms. The molecule has 1 atom stereocenters. The maximum Gasteiger partial charge on any atom is 0.243 e. The number of nitrogens with two attached hydrogens (primary N) is 1. The van der Waals surface area contributed by atoms with Crippen molar-refractivity contribution < 1.29 is 12.8 Å². The van der Waals surface area contributed by atoms with Crippen LogP contribution in [0.3, 0.4) is 0 Å². The first kappa shape index (κ1) is 16.1.